The van der Waals surface area contributed by atoms with Crippen molar-refractivity contribution < 1.29 is 19.1 Å². The van der Waals surface area contributed by atoms with Gasteiger partial charge in [-0.25, -0.2) is 4.68 Å². The zero-order valence-corrected chi connectivity index (χ0v) is 19.5. The van der Waals surface area contributed by atoms with E-state index in [2.05, 4.69) is 26.3 Å². The van der Waals surface area contributed by atoms with Gasteiger partial charge in [0.1, 0.15) is 30.1 Å². The summed E-state index contributed by atoms with van der Waals surface area (Å²) < 4.78 is 7.42. The summed E-state index contributed by atoms with van der Waals surface area (Å²) in [6.07, 6.45) is 6.86. The highest BCUT2D eigenvalue weighted by molar-refractivity contribution is 5.92. The molecule has 1 aromatic carbocycles. The van der Waals surface area contributed by atoms with Gasteiger partial charge in [-0.05, 0) is 43.4 Å². The summed E-state index contributed by atoms with van der Waals surface area (Å²) in [7, 11) is 0. The van der Waals surface area contributed by atoms with Crippen LogP contribution in [-0.4, -0.2) is 51.4 Å². The van der Waals surface area contributed by atoms with Crippen LogP contribution in [0.3, 0.4) is 0 Å². The van der Waals surface area contributed by atoms with Crippen LogP contribution in [-0.2, 0) is 33.9 Å². The summed E-state index contributed by atoms with van der Waals surface area (Å²) in [4.78, 5) is 38.6. The van der Waals surface area contributed by atoms with Crippen LogP contribution in [0.15, 0.2) is 30.5 Å². The van der Waals surface area contributed by atoms with Crippen molar-refractivity contribution in [2.75, 3.05) is 6.61 Å². The monoisotopic (exact) mass is 468 g/mol. The highest BCUT2D eigenvalue weighted by Gasteiger charge is 2.32. The third-order valence-corrected chi connectivity index (χ3v) is 6.38. The SMILES string of the molecule is C[C@H]1NC(=O)[C@H](C2CCCCC2)NC(=O)Cc2ccc(cc2)OCCn2cc(nn2)CNC1=O. The maximum absolute atomic E-state index is 13.2. The summed E-state index contributed by atoms with van der Waals surface area (Å²) in [5.74, 6) is -0.123. The Bertz CT molecular complexity index is 999. The number of carbonyl (C=O) groups is 3. The molecule has 34 heavy (non-hydrogen) atoms. The molecule has 2 atom stereocenters. The number of aromatic nitrogens is 3. The first-order valence-electron chi connectivity index (χ1n) is 12.0. The molecule has 3 N–H and O–H groups in total. The number of rotatable bonds is 1. The Hall–Kier alpha value is -3.43. The van der Waals surface area contributed by atoms with Crippen LogP contribution in [0.2, 0.25) is 0 Å². The van der Waals surface area contributed by atoms with Gasteiger partial charge in [-0.1, -0.05) is 36.6 Å². The first-order chi connectivity index (χ1) is 16.5. The number of nitrogens with zero attached hydrogens (tertiary/aromatic N) is 3. The van der Waals surface area contributed by atoms with E-state index in [1.165, 1.54) is 0 Å². The Morgan fingerprint density at radius 2 is 1.76 bits per heavy atom. The number of hydrogen-bond acceptors (Lipinski definition) is 6. The molecule has 0 spiro atoms. The molecule has 3 aliphatic rings. The molecule has 5 rings (SSSR count). The summed E-state index contributed by atoms with van der Waals surface area (Å²) in [5, 5.41) is 16.6. The normalized spacial score (nSPS) is 23.4. The van der Waals surface area contributed by atoms with Crippen molar-refractivity contribution in [1.82, 2.24) is 30.9 Å². The molecule has 1 fully saturated rings. The minimum Gasteiger partial charge on any atom is -0.492 e. The van der Waals surface area contributed by atoms with Crippen molar-refractivity contribution in [3.8, 4) is 5.75 Å². The summed E-state index contributed by atoms with van der Waals surface area (Å²) >= 11 is 0. The van der Waals surface area contributed by atoms with Crippen molar-refractivity contribution in [3.05, 3.63) is 41.7 Å². The maximum atomic E-state index is 13.2. The number of benzene rings is 1. The van der Waals surface area contributed by atoms with E-state index >= 15 is 0 Å². The number of nitrogens with one attached hydrogen (secondary N) is 3. The molecule has 3 amide bonds. The van der Waals surface area contributed by atoms with E-state index in [1.807, 2.05) is 24.3 Å². The van der Waals surface area contributed by atoms with E-state index in [0.717, 1.165) is 37.7 Å². The first kappa shape index (κ1) is 23.7. The van der Waals surface area contributed by atoms with Crippen molar-refractivity contribution in [2.24, 2.45) is 5.92 Å². The van der Waals surface area contributed by atoms with Crippen molar-refractivity contribution >= 4 is 17.7 Å². The Morgan fingerprint density at radius 3 is 2.53 bits per heavy atom. The Balaban J connectivity index is 1.52. The van der Waals surface area contributed by atoms with Gasteiger partial charge in [-0.15, -0.1) is 5.10 Å². The number of carbonyl (C=O) groups excluding carboxylic acids is 3. The van der Waals surface area contributed by atoms with Gasteiger partial charge in [-0.3, -0.25) is 14.4 Å². The Labute approximate surface area is 198 Å². The standard InChI is InChI=1S/C24H32N6O4/c1-16-23(32)25-14-19-15-30(29-28-19)11-12-34-20-9-7-17(8-10-20)13-21(31)27-22(24(33)26-16)18-5-3-2-4-6-18/h7-10,15-16,18,22H,2-6,11-14H2,1H3,(H,25,32)(H,26,33)(H,27,31)/t16-,22+/m1/s1. The molecular formula is C24H32N6O4. The molecule has 10 heteroatoms. The molecule has 1 aliphatic carbocycles. The molecular weight excluding hydrogens is 436 g/mol. The van der Waals surface area contributed by atoms with Gasteiger partial charge >= 0.3 is 0 Å². The van der Waals surface area contributed by atoms with Crippen LogP contribution in [0.5, 0.6) is 5.75 Å². The van der Waals surface area contributed by atoms with E-state index in [0.29, 0.717) is 24.6 Å². The van der Waals surface area contributed by atoms with Gasteiger partial charge in [0.2, 0.25) is 17.7 Å². The van der Waals surface area contributed by atoms with Gasteiger partial charge in [0, 0.05) is 0 Å². The smallest absolute Gasteiger partial charge is 0.243 e. The Morgan fingerprint density at radius 1 is 1.00 bits per heavy atom. The highest BCUT2D eigenvalue weighted by atomic mass is 16.5. The van der Waals surface area contributed by atoms with E-state index in [4.69, 9.17) is 4.74 Å². The van der Waals surface area contributed by atoms with E-state index < -0.39 is 12.1 Å². The van der Waals surface area contributed by atoms with Crippen LogP contribution >= 0.6 is 0 Å². The topological polar surface area (TPSA) is 127 Å². The molecule has 3 heterocycles. The van der Waals surface area contributed by atoms with Crippen molar-refractivity contribution in [1.29, 1.82) is 0 Å². The minimum absolute atomic E-state index is 0.0524. The number of ether oxygens (including phenoxy) is 1. The molecule has 0 radical (unpaired) electrons. The molecule has 2 aromatic rings. The summed E-state index contributed by atoms with van der Waals surface area (Å²) in [6, 6.07) is 5.94. The van der Waals surface area contributed by atoms with Crippen LogP contribution in [0.25, 0.3) is 0 Å². The van der Waals surface area contributed by atoms with Gasteiger partial charge < -0.3 is 20.7 Å². The third kappa shape index (κ3) is 6.33. The largest absolute Gasteiger partial charge is 0.492 e. The molecule has 4 bridgehead atoms. The average Bonchev–Trinajstić information content (AvgIpc) is 3.29. The maximum Gasteiger partial charge on any atom is 0.243 e. The molecule has 1 aromatic heterocycles. The highest BCUT2D eigenvalue weighted by Crippen LogP contribution is 2.27. The zero-order chi connectivity index (χ0) is 23.9. The van der Waals surface area contributed by atoms with E-state index in [1.54, 1.807) is 17.8 Å². The van der Waals surface area contributed by atoms with Gasteiger partial charge in [0.25, 0.3) is 0 Å². The summed E-state index contributed by atoms with van der Waals surface area (Å²) in [6.45, 7) is 2.74. The fraction of sp³-hybridized carbons (Fsp3) is 0.542. The molecule has 1 saturated carbocycles. The second-order valence-corrected chi connectivity index (χ2v) is 9.03. The fourth-order valence-corrected chi connectivity index (χ4v) is 4.46. The van der Waals surface area contributed by atoms with E-state index in [-0.39, 0.29) is 36.6 Å². The predicted molar refractivity (Wildman–Crippen MR) is 124 cm³/mol. The van der Waals surface area contributed by atoms with Gasteiger partial charge in [-0.2, -0.15) is 0 Å². The van der Waals surface area contributed by atoms with Gasteiger partial charge in [0.05, 0.1) is 25.7 Å². The second kappa shape index (κ2) is 11.1. The molecule has 2 aliphatic heterocycles. The molecule has 182 valence electrons. The van der Waals surface area contributed by atoms with Crippen LogP contribution in [0.1, 0.15) is 50.3 Å². The lowest BCUT2D eigenvalue weighted by Gasteiger charge is -2.31. The fourth-order valence-electron chi connectivity index (χ4n) is 4.46. The average molecular weight is 469 g/mol. The van der Waals surface area contributed by atoms with Gasteiger partial charge in [0.15, 0.2) is 0 Å². The van der Waals surface area contributed by atoms with Crippen LogP contribution < -0.4 is 20.7 Å². The van der Waals surface area contributed by atoms with Crippen LogP contribution in [0.4, 0.5) is 0 Å². The summed E-state index contributed by atoms with van der Waals surface area (Å²) in [5.41, 5.74) is 1.44. The van der Waals surface area contributed by atoms with Crippen molar-refractivity contribution in [2.45, 2.75) is 70.6 Å². The molecule has 0 saturated heterocycles. The lowest BCUT2D eigenvalue weighted by Crippen LogP contribution is -2.55. The molecule has 0 unspecified atom stereocenters. The minimum atomic E-state index is -0.753. The predicted octanol–water partition coefficient (Wildman–Crippen LogP) is 1.10. The van der Waals surface area contributed by atoms with Crippen LogP contribution in [0, 0.1) is 5.92 Å². The van der Waals surface area contributed by atoms with E-state index in [9.17, 15) is 14.4 Å². The quantitative estimate of drug-likeness (QED) is 0.538. The molecule has 10 nitrogen and oxygen atoms in total. The number of amides is 3. The zero-order valence-electron chi connectivity index (χ0n) is 19.5. The second-order valence-electron chi connectivity index (χ2n) is 9.03. The number of hydrogen-bond donors (Lipinski definition) is 3. The lowest BCUT2D eigenvalue weighted by molar-refractivity contribution is -0.133. The Kier molecular flexibility index (Phi) is 7.76. The third-order valence-electron chi connectivity index (χ3n) is 6.38. The first-order valence-corrected chi connectivity index (χ1v) is 12.0. The lowest BCUT2D eigenvalue weighted by atomic mass is 9.83. The van der Waals surface area contributed by atoms with Crippen molar-refractivity contribution in [3.63, 3.8) is 0 Å². The number of fused-ring (bicyclic) bond motifs is 13.